The van der Waals surface area contributed by atoms with Gasteiger partial charge in [-0.15, -0.1) is 0 Å². The van der Waals surface area contributed by atoms with Crippen LogP contribution in [-0.2, 0) is 9.47 Å². The van der Waals surface area contributed by atoms with Crippen LogP contribution in [-0.4, -0.2) is 25.2 Å². The number of hydrogen-bond donors (Lipinski definition) is 0. The maximum Gasteiger partial charge on any atom is 0.339 e. The number of ether oxygens (including phenoxy) is 2. The molecule has 0 aromatic rings. The highest BCUT2D eigenvalue weighted by atomic mass is 79.9. The third-order valence-electron chi connectivity index (χ3n) is 2.97. The van der Waals surface area contributed by atoms with Crippen molar-refractivity contribution < 1.29 is 19.1 Å². The molecule has 0 unspecified atom stereocenters. The lowest BCUT2D eigenvalue weighted by Crippen LogP contribution is -2.06. The van der Waals surface area contributed by atoms with E-state index >= 15 is 0 Å². The van der Waals surface area contributed by atoms with Crippen LogP contribution in [0.2, 0.25) is 0 Å². The van der Waals surface area contributed by atoms with Crippen LogP contribution >= 0.6 is 15.9 Å². The van der Waals surface area contributed by atoms with Crippen LogP contribution < -0.4 is 0 Å². The number of hydrogen-bond acceptors (Lipinski definition) is 4. The van der Waals surface area contributed by atoms with Crippen LogP contribution in [0.3, 0.4) is 0 Å². The quantitative estimate of drug-likeness (QED) is 0.784. The summed E-state index contributed by atoms with van der Waals surface area (Å²) in [6.07, 6.45) is 0. The van der Waals surface area contributed by atoms with E-state index in [2.05, 4.69) is 15.9 Å². The zero-order valence-corrected chi connectivity index (χ0v) is 13.4. The van der Waals surface area contributed by atoms with Gasteiger partial charge in [-0.1, -0.05) is 30.3 Å². The summed E-state index contributed by atoms with van der Waals surface area (Å²) in [5.74, 6) is -0.924. The second kappa shape index (κ2) is 6.72. The number of rotatable bonds is 4. The van der Waals surface area contributed by atoms with Gasteiger partial charge in [-0.25, -0.2) is 9.59 Å². The standard InChI is InChI=1S/C16H15BrO4/c1-3-20-15(18)12-10-8-6-5-7-9-11(10)13(14(12)17)16(19)21-4-2/h5-9H,3-4H2,1-2H3. The van der Waals surface area contributed by atoms with Crippen LogP contribution in [0, 0.1) is 0 Å². The highest BCUT2D eigenvalue weighted by Crippen LogP contribution is 2.40. The van der Waals surface area contributed by atoms with Gasteiger partial charge in [-0.05, 0) is 40.9 Å². The van der Waals surface area contributed by atoms with Gasteiger partial charge in [-0.3, -0.25) is 0 Å². The molecule has 0 aromatic carbocycles. The fourth-order valence-corrected chi connectivity index (χ4v) is 2.90. The second-order valence-corrected chi connectivity index (χ2v) is 5.04. The van der Waals surface area contributed by atoms with Crippen LogP contribution in [0.4, 0.5) is 0 Å². The van der Waals surface area contributed by atoms with Crippen molar-refractivity contribution in [2.45, 2.75) is 13.8 Å². The number of carbonyl (C=O) groups excluding carboxylic acids is 2. The minimum Gasteiger partial charge on any atom is -0.462 e. The zero-order chi connectivity index (χ0) is 15.4. The van der Waals surface area contributed by atoms with Crippen molar-refractivity contribution in [3.05, 3.63) is 45.9 Å². The summed E-state index contributed by atoms with van der Waals surface area (Å²) in [5.41, 5.74) is 2.03. The molecule has 0 radical (unpaired) electrons. The first-order valence-electron chi connectivity index (χ1n) is 6.66. The smallest absolute Gasteiger partial charge is 0.339 e. The minimum atomic E-state index is -0.462. The summed E-state index contributed by atoms with van der Waals surface area (Å²) >= 11 is 3.35. The molecule has 0 spiro atoms. The lowest BCUT2D eigenvalue weighted by atomic mass is 10.1. The Morgan fingerprint density at radius 3 is 1.71 bits per heavy atom. The van der Waals surface area contributed by atoms with Crippen molar-refractivity contribution >= 4 is 27.9 Å². The summed E-state index contributed by atoms with van der Waals surface area (Å²) in [7, 11) is 0. The topological polar surface area (TPSA) is 52.6 Å². The summed E-state index contributed by atoms with van der Waals surface area (Å²) in [4.78, 5) is 24.3. The Hall–Kier alpha value is -1.88. The van der Waals surface area contributed by atoms with Crippen molar-refractivity contribution in [1.29, 1.82) is 0 Å². The van der Waals surface area contributed by atoms with Gasteiger partial charge in [0.15, 0.2) is 0 Å². The van der Waals surface area contributed by atoms with Gasteiger partial charge in [-0.2, -0.15) is 0 Å². The Kier molecular flexibility index (Phi) is 4.96. The van der Waals surface area contributed by atoms with E-state index in [-0.39, 0.29) is 13.2 Å². The van der Waals surface area contributed by atoms with Crippen molar-refractivity contribution in [2.75, 3.05) is 13.2 Å². The van der Waals surface area contributed by atoms with Crippen LogP contribution in [0.1, 0.15) is 34.6 Å². The number of halogens is 1. The van der Waals surface area contributed by atoms with Crippen LogP contribution in [0.5, 0.6) is 0 Å². The summed E-state index contributed by atoms with van der Waals surface area (Å²) in [6.45, 7) is 4.02. The number of esters is 2. The molecule has 2 aliphatic carbocycles. The fourth-order valence-electron chi connectivity index (χ4n) is 2.15. The molecule has 4 nitrogen and oxygen atoms in total. The van der Waals surface area contributed by atoms with E-state index in [4.69, 9.17) is 9.47 Å². The fraction of sp³-hybridized carbons (Fsp3) is 0.250. The Labute approximate surface area is 131 Å². The highest BCUT2D eigenvalue weighted by molar-refractivity contribution is 9.10. The molecule has 0 fully saturated rings. The predicted molar refractivity (Wildman–Crippen MR) is 82.7 cm³/mol. The van der Waals surface area contributed by atoms with Crippen molar-refractivity contribution in [3.63, 3.8) is 0 Å². The third kappa shape index (κ3) is 2.93. The van der Waals surface area contributed by atoms with E-state index < -0.39 is 11.9 Å². The van der Waals surface area contributed by atoms with E-state index in [1.165, 1.54) is 0 Å². The van der Waals surface area contributed by atoms with Gasteiger partial charge < -0.3 is 9.47 Å². The molecule has 0 aromatic heterocycles. The van der Waals surface area contributed by atoms with Gasteiger partial charge in [0.1, 0.15) is 0 Å². The molecule has 0 amide bonds. The molecule has 0 heterocycles. The van der Waals surface area contributed by atoms with E-state index in [1.54, 1.807) is 26.0 Å². The molecule has 2 rings (SSSR count). The minimum absolute atomic E-state index is 0.269. The first-order chi connectivity index (χ1) is 10.1. The Balaban J connectivity index is 2.68. The lowest BCUT2D eigenvalue weighted by molar-refractivity contribution is 0.0525. The molecule has 110 valence electrons. The van der Waals surface area contributed by atoms with E-state index in [9.17, 15) is 9.59 Å². The molecular formula is C16H15BrO4. The van der Waals surface area contributed by atoms with E-state index in [0.717, 1.165) is 0 Å². The van der Waals surface area contributed by atoms with E-state index in [1.807, 2.05) is 18.2 Å². The second-order valence-electron chi connectivity index (χ2n) is 4.24. The van der Waals surface area contributed by atoms with Crippen molar-refractivity contribution in [2.24, 2.45) is 0 Å². The van der Waals surface area contributed by atoms with Gasteiger partial charge in [0.25, 0.3) is 0 Å². The molecular weight excluding hydrogens is 336 g/mol. The lowest BCUT2D eigenvalue weighted by Gasteiger charge is -2.02. The average Bonchev–Trinajstić information content (AvgIpc) is 2.59. The largest absolute Gasteiger partial charge is 0.462 e. The number of carbonyl (C=O) groups is 2. The van der Waals surface area contributed by atoms with E-state index in [0.29, 0.717) is 26.7 Å². The van der Waals surface area contributed by atoms with Gasteiger partial charge in [0.2, 0.25) is 0 Å². The molecule has 0 aliphatic heterocycles. The molecule has 0 saturated carbocycles. The first kappa shape index (κ1) is 15.5. The molecule has 0 atom stereocenters. The SMILES string of the molecule is CCOC(=O)c1c2cccccc-2c(C(=O)OCC)c1Br. The van der Waals surface area contributed by atoms with Crippen molar-refractivity contribution in [3.8, 4) is 11.1 Å². The van der Waals surface area contributed by atoms with Gasteiger partial charge in [0.05, 0.1) is 24.3 Å². The zero-order valence-electron chi connectivity index (χ0n) is 11.8. The molecule has 2 aliphatic rings. The maximum absolute atomic E-state index is 12.2. The van der Waals surface area contributed by atoms with Gasteiger partial charge in [0, 0.05) is 4.47 Å². The summed E-state index contributed by atoms with van der Waals surface area (Å²) in [6, 6.07) is 9.03. The third-order valence-corrected chi connectivity index (χ3v) is 3.77. The molecule has 0 bridgehead atoms. The Morgan fingerprint density at radius 1 is 0.905 bits per heavy atom. The molecule has 0 N–H and O–H groups in total. The molecule has 0 saturated heterocycles. The first-order valence-corrected chi connectivity index (χ1v) is 7.45. The maximum atomic E-state index is 12.2. The Bertz CT molecular complexity index is 598. The monoisotopic (exact) mass is 350 g/mol. The van der Waals surface area contributed by atoms with Crippen LogP contribution in [0.25, 0.3) is 11.1 Å². The summed E-state index contributed by atoms with van der Waals surface area (Å²) in [5, 5.41) is 0. The predicted octanol–water partition coefficient (Wildman–Crippen LogP) is 3.91. The molecule has 5 heteroatoms. The van der Waals surface area contributed by atoms with Gasteiger partial charge >= 0.3 is 11.9 Å². The number of fused-ring (bicyclic) bond motifs is 1. The van der Waals surface area contributed by atoms with Crippen LogP contribution in [0.15, 0.2) is 34.8 Å². The Morgan fingerprint density at radius 2 is 1.33 bits per heavy atom. The summed E-state index contributed by atoms with van der Waals surface area (Å²) < 4.78 is 10.6. The molecule has 21 heavy (non-hydrogen) atoms. The average molecular weight is 351 g/mol. The normalized spacial score (nSPS) is 10.4. The highest BCUT2D eigenvalue weighted by Gasteiger charge is 2.30. The van der Waals surface area contributed by atoms with Crippen molar-refractivity contribution in [1.82, 2.24) is 0 Å².